The molecule has 0 fully saturated rings. The second kappa shape index (κ2) is 10.4. The number of pyridine rings is 1. The third kappa shape index (κ3) is 6.02. The van der Waals surface area contributed by atoms with Gasteiger partial charge in [0, 0.05) is 25.2 Å². The van der Waals surface area contributed by atoms with E-state index in [1.807, 2.05) is 66.7 Å². The summed E-state index contributed by atoms with van der Waals surface area (Å²) in [4.78, 5) is 16.7. The van der Waals surface area contributed by atoms with Crippen LogP contribution in [-0.4, -0.2) is 19.2 Å². The highest BCUT2D eigenvalue weighted by Gasteiger charge is 2.18. The minimum Gasteiger partial charge on any atom is -0.299 e. The topological polar surface area (TPSA) is 64.1 Å². The predicted molar refractivity (Wildman–Crippen MR) is 130 cm³/mol. The summed E-state index contributed by atoms with van der Waals surface area (Å²) in [6, 6.07) is 27.8. The fourth-order valence-electron chi connectivity index (χ4n) is 3.79. The van der Waals surface area contributed by atoms with E-state index in [4.69, 9.17) is 0 Å². The molecule has 33 heavy (non-hydrogen) atoms. The molecule has 1 heterocycles. The molecule has 0 unspecified atom stereocenters. The van der Waals surface area contributed by atoms with Gasteiger partial charge in [0.15, 0.2) is 9.84 Å². The van der Waals surface area contributed by atoms with Gasteiger partial charge in [-0.2, -0.15) is 0 Å². The van der Waals surface area contributed by atoms with Crippen molar-refractivity contribution in [3.63, 3.8) is 0 Å². The summed E-state index contributed by atoms with van der Waals surface area (Å²) in [5.74, 6) is 0.0350. The fraction of sp³-hybridized carbons (Fsp3) is 0.143. The fourth-order valence-corrected chi connectivity index (χ4v) is 5.17. The number of benzene rings is 3. The average molecular weight is 456 g/mol. The number of aryl methyl sites for hydroxylation is 1. The number of sulfone groups is 1. The van der Waals surface area contributed by atoms with Crippen LogP contribution < -0.4 is 0 Å². The largest absolute Gasteiger partial charge is 0.299 e. The summed E-state index contributed by atoms with van der Waals surface area (Å²) < 4.78 is 26.2. The summed E-state index contributed by atoms with van der Waals surface area (Å²) in [6.45, 7) is 0. The summed E-state index contributed by atoms with van der Waals surface area (Å²) in [6.07, 6.45) is 4.85. The number of carbonyl (C=O) groups is 1. The SMILES string of the molecule is O=C(CCc1cccnc1)Cc1ccc(S(=O)(=O)Cc2ccccc2-c2ccccc2)cc1. The maximum Gasteiger partial charge on any atom is 0.182 e. The zero-order valence-corrected chi connectivity index (χ0v) is 19.0. The van der Waals surface area contributed by atoms with Crippen LogP contribution in [0.1, 0.15) is 23.1 Å². The van der Waals surface area contributed by atoms with Crippen molar-refractivity contribution in [3.8, 4) is 11.1 Å². The lowest BCUT2D eigenvalue weighted by molar-refractivity contribution is -0.118. The van der Waals surface area contributed by atoms with Gasteiger partial charge in [-0.15, -0.1) is 0 Å². The van der Waals surface area contributed by atoms with Crippen LogP contribution in [0.3, 0.4) is 0 Å². The zero-order chi connectivity index (χ0) is 23.1. The molecule has 0 saturated heterocycles. The maximum atomic E-state index is 13.1. The molecule has 0 N–H and O–H groups in total. The van der Waals surface area contributed by atoms with Gasteiger partial charge in [-0.05, 0) is 52.4 Å². The van der Waals surface area contributed by atoms with Crippen LogP contribution in [-0.2, 0) is 33.2 Å². The van der Waals surface area contributed by atoms with Crippen molar-refractivity contribution in [1.29, 1.82) is 0 Å². The molecule has 0 radical (unpaired) electrons. The van der Waals surface area contributed by atoms with Gasteiger partial charge in [0.2, 0.25) is 0 Å². The Bertz CT molecular complexity index is 1320. The van der Waals surface area contributed by atoms with E-state index in [1.54, 1.807) is 36.7 Å². The molecule has 0 atom stereocenters. The van der Waals surface area contributed by atoms with Crippen molar-refractivity contribution in [2.75, 3.05) is 0 Å². The lowest BCUT2D eigenvalue weighted by atomic mass is 10.0. The summed E-state index contributed by atoms with van der Waals surface area (Å²) in [7, 11) is -3.53. The Hall–Kier alpha value is -3.57. The minimum absolute atomic E-state index is 0.0819. The Balaban J connectivity index is 1.43. The first-order valence-electron chi connectivity index (χ1n) is 10.9. The van der Waals surface area contributed by atoms with Gasteiger partial charge in [0.25, 0.3) is 0 Å². The molecule has 4 nitrogen and oxygen atoms in total. The number of Topliss-reactive ketones (excluding diaryl/α,β-unsaturated/α-hetero) is 1. The Morgan fingerprint density at radius 1 is 0.758 bits per heavy atom. The lowest BCUT2D eigenvalue weighted by Crippen LogP contribution is -2.07. The number of hydrogen-bond acceptors (Lipinski definition) is 4. The van der Waals surface area contributed by atoms with E-state index in [9.17, 15) is 13.2 Å². The highest BCUT2D eigenvalue weighted by atomic mass is 32.2. The van der Waals surface area contributed by atoms with E-state index >= 15 is 0 Å². The minimum atomic E-state index is -3.53. The first-order valence-corrected chi connectivity index (χ1v) is 12.5. The molecule has 0 amide bonds. The molecule has 1 aromatic heterocycles. The average Bonchev–Trinajstić information content (AvgIpc) is 2.84. The van der Waals surface area contributed by atoms with Crippen LogP contribution in [0.4, 0.5) is 0 Å². The number of nitrogens with zero attached hydrogens (tertiary/aromatic N) is 1. The van der Waals surface area contributed by atoms with Crippen LogP contribution in [0.15, 0.2) is 108 Å². The third-order valence-electron chi connectivity index (χ3n) is 5.55. The standard InChI is InChI=1S/C28H25NO3S/c30-26(15-12-23-7-6-18-29-20-23)19-22-13-16-27(17-14-22)33(31,32)21-25-10-4-5-11-28(25)24-8-2-1-3-9-24/h1-11,13-14,16-18,20H,12,15,19,21H2. The number of ketones is 1. The quantitative estimate of drug-likeness (QED) is 0.336. The summed E-state index contributed by atoms with van der Waals surface area (Å²) >= 11 is 0. The third-order valence-corrected chi connectivity index (χ3v) is 7.23. The van der Waals surface area contributed by atoms with Crippen molar-refractivity contribution in [3.05, 3.63) is 120 Å². The van der Waals surface area contributed by atoms with E-state index in [-0.39, 0.29) is 22.9 Å². The van der Waals surface area contributed by atoms with Crippen LogP contribution in [0.2, 0.25) is 0 Å². The molecule has 0 spiro atoms. The van der Waals surface area contributed by atoms with Crippen LogP contribution >= 0.6 is 0 Å². The Morgan fingerprint density at radius 3 is 2.21 bits per heavy atom. The molecule has 4 aromatic rings. The molecule has 0 bridgehead atoms. The molecule has 4 rings (SSSR count). The van der Waals surface area contributed by atoms with E-state index in [2.05, 4.69) is 4.98 Å². The van der Waals surface area contributed by atoms with E-state index in [1.165, 1.54) is 0 Å². The second-order valence-electron chi connectivity index (χ2n) is 8.00. The van der Waals surface area contributed by atoms with Gasteiger partial charge in [-0.25, -0.2) is 8.42 Å². The molecule has 0 aliphatic heterocycles. The first-order chi connectivity index (χ1) is 16.0. The van der Waals surface area contributed by atoms with Crippen molar-refractivity contribution >= 4 is 15.6 Å². The monoisotopic (exact) mass is 455 g/mol. The van der Waals surface area contributed by atoms with Crippen molar-refractivity contribution in [2.45, 2.75) is 29.9 Å². The summed E-state index contributed by atoms with van der Waals surface area (Å²) in [5.41, 5.74) is 4.51. The lowest BCUT2D eigenvalue weighted by Gasteiger charge is -2.11. The Kier molecular flexibility index (Phi) is 7.10. The molecule has 0 saturated carbocycles. The van der Waals surface area contributed by atoms with Gasteiger partial charge >= 0.3 is 0 Å². The molecule has 3 aromatic carbocycles. The Morgan fingerprint density at radius 2 is 1.48 bits per heavy atom. The smallest absolute Gasteiger partial charge is 0.182 e. The van der Waals surface area contributed by atoms with Gasteiger partial charge in [0.05, 0.1) is 10.6 Å². The predicted octanol–water partition coefficient (Wildman–Crippen LogP) is 5.47. The summed E-state index contributed by atoms with van der Waals surface area (Å²) in [5, 5.41) is 0. The number of aromatic nitrogens is 1. The van der Waals surface area contributed by atoms with Crippen LogP contribution in [0.5, 0.6) is 0 Å². The van der Waals surface area contributed by atoms with Crippen molar-refractivity contribution in [2.24, 2.45) is 0 Å². The van der Waals surface area contributed by atoms with Crippen molar-refractivity contribution in [1.82, 2.24) is 4.98 Å². The van der Waals surface area contributed by atoms with Gasteiger partial charge in [-0.3, -0.25) is 9.78 Å². The second-order valence-corrected chi connectivity index (χ2v) is 9.99. The highest BCUT2D eigenvalue weighted by molar-refractivity contribution is 7.90. The maximum absolute atomic E-state index is 13.1. The number of hydrogen-bond donors (Lipinski definition) is 0. The molecule has 0 aliphatic carbocycles. The van der Waals surface area contributed by atoms with E-state index in [0.29, 0.717) is 12.8 Å². The van der Waals surface area contributed by atoms with E-state index in [0.717, 1.165) is 27.8 Å². The number of rotatable bonds is 9. The van der Waals surface area contributed by atoms with Crippen LogP contribution in [0, 0.1) is 0 Å². The molecule has 5 heteroatoms. The molecule has 0 aliphatic rings. The first kappa shape index (κ1) is 22.6. The number of carbonyl (C=O) groups excluding carboxylic acids is 1. The Labute approximate surface area is 194 Å². The molecular formula is C28H25NO3S. The van der Waals surface area contributed by atoms with Gasteiger partial charge in [-0.1, -0.05) is 72.8 Å². The van der Waals surface area contributed by atoms with Gasteiger partial charge in [0.1, 0.15) is 5.78 Å². The highest BCUT2D eigenvalue weighted by Crippen LogP contribution is 2.27. The van der Waals surface area contributed by atoms with Crippen LogP contribution in [0.25, 0.3) is 11.1 Å². The molecule has 166 valence electrons. The zero-order valence-electron chi connectivity index (χ0n) is 18.2. The van der Waals surface area contributed by atoms with Crippen molar-refractivity contribution < 1.29 is 13.2 Å². The van der Waals surface area contributed by atoms with Gasteiger partial charge < -0.3 is 0 Å². The normalized spacial score (nSPS) is 11.3. The van der Waals surface area contributed by atoms with E-state index < -0.39 is 9.84 Å². The molecular weight excluding hydrogens is 430 g/mol.